The Balaban J connectivity index is 1.57. The number of rotatable bonds is 6. The molecule has 7 nitrogen and oxygen atoms in total. The summed E-state index contributed by atoms with van der Waals surface area (Å²) in [5.74, 6) is 0.940. The Morgan fingerprint density at radius 1 is 1.12 bits per heavy atom. The fraction of sp³-hybridized carbons (Fsp3) is 0.222. The summed E-state index contributed by atoms with van der Waals surface area (Å²) in [5, 5.41) is 12.1. The van der Waals surface area contributed by atoms with Gasteiger partial charge in [0.15, 0.2) is 5.65 Å². The van der Waals surface area contributed by atoms with E-state index in [0.717, 1.165) is 47.9 Å². The van der Waals surface area contributed by atoms with Crippen molar-refractivity contribution in [2.45, 2.75) is 19.9 Å². The van der Waals surface area contributed by atoms with Crippen LogP contribution in [0, 0.1) is 6.92 Å². The van der Waals surface area contributed by atoms with Crippen LogP contribution < -0.4 is 5.32 Å². The molecule has 0 amide bonds. The molecule has 4 rings (SSSR count). The molecule has 0 aliphatic rings. The van der Waals surface area contributed by atoms with Crippen LogP contribution in [0.15, 0.2) is 55.1 Å². The van der Waals surface area contributed by atoms with Crippen LogP contribution >= 0.6 is 0 Å². The van der Waals surface area contributed by atoms with Gasteiger partial charge in [0.1, 0.15) is 18.5 Å². The summed E-state index contributed by atoms with van der Waals surface area (Å²) < 4.78 is 3.69. The van der Waals surface area contributed by atoms with Gasteiger partial charge >= 0.3 is 0 Å². The molecule has 3 aromatic heterocycles. The van der Waals surface area contributed by atoms with E-state index in [1.807, 2.05) is 46.5 Å². The Morgan fingerprint density at radius 2 is 2.00 bits per heavy atom. The molecule has 0 saturated carbocycles. The van der Waals surface area contributed by atoms with Crippen molar-refractivity contribution < 1.29 is 0 Å². The van der Waals surface area contributed by atoms with Gasteiger partial charge in [-0.3, -0.25) is 4.68 Å². The van der Waals surface area contributed by atoms with Crippen LogP contribution in [0.5, 0.6) is 0 Å². The van der Waals surface area contributed by atoms with Crippen molar-refractivity contribution in [3.05, 3.63) is 60.8 Å². The molecule has 0 atom stereocenters. The third-order valence-electron chi connectivity index (χ3n) is 3.96. The minimum atomic E-state index is 0.812. The van der Waals surface area contributed by atoms with Gasteiger partial charge in [0, 0.05) is 30.8 Å². The largest absolute Gasteiger partial charge is 0.370 e. The number of hydrogen-bond donors (Lipinski definition) is 1. The van der Waals surface area contributed by atoms with Crippen LogP contribution in [-0.2, 0) is 6.54 Å². The van der Waals surface area contributed by atoms with E-state index in [0.29, 0.717) is 0 Å². The molecular formula is C18H19N7. The van der Waals surface area contributed by atoms with Gasteiger partial charge < -0.3 is 5.32 Å². The molecule has 0 aliphatic carbocycles. The topological polar surface area (TPSA) is 72.9 Å². The predicted octanol–water partition coefficient (Wildman–Crippen LogP) is 2.80. The molecule has 0 spiro atoms. The lowest BCUT2D eigenvalue weighted by atomic mass is 10.1. The monoisotopic (exact) mass is 333 g/mol. The Morgan fingerprint density at radius 3 is 2.80 bits per heavy atom. The van der Waals surface area contributed by atoms with Crippen LogP contribution in [0.4, 0.5) is 5.82 Å². The second-order valence-corrected chi connectivity index (χ2v) is 5.89. The third-order valence-corrected chi connectivity index (χ3v) is 3.96. The second-order valence-electron chi connectivity index (χ2n) is 5.89. The molecular weight excluding hydrogens is 314 g/mol. The first-order valence-corrected chi connectivity index (χ1v) is 8.29. The summed E-state index contributed by atoms with van der Waals surface area (Å²) in [6.07, 6.45) is 4.22. The summed E-state index contributed by atoms with van der Waals surface area (Å²) in [6, 6.07) is 14.2. The van der Waals surface area contributed by atoms with Gasteiger partial charge in [0.2, 0.25) is 0 Å². The molecule has 0 unspecified atom stereocenters. The van der Waals surface area contributed by atoms with Gasteiger partial charge in [-0.2, -0.15) is 14.7 Å². The number of fused-ring (bicyclic) bond motifs is 1. The van der Waals surface area contributed by atoms with Gasteiger partial charge in [-0.25, -0.2) is 9.97 Å². The number of aromatic nitrogens is 6. The highest BCUT2D eigenvalue weighted by atomic mass is 15.3. The van der Waals surface area contributed by atoms with Gasteiger partial charge in [0.05, 0.1) is 11.4 Å². The van der Waals surface area contributed by atoms with Gasteiger partial charge in [0.25, 0.3) is 0 Å². The van der Waals surface area contributed by atoms with Crippen molar-refractivity contribution in [3.63, 3.8) is 0 Å². The zero-order valence-corrected chi connectivity index (χ0v) is 14.0. The van der Waals surface area contributed by atoms with E-state index in [9.17, 15) is 0 Å². The lowest BCUT2D eigenvalue weighted by Gasteiger charge is -2.10. The summed E-state index contributed by atoms with van der Waals surface area (Å²) in [7, 11) is 0. The van der Waals surface area contributed by atoms with E-state index in [4.69, 9.17) is 4.98 Å². The molecule has 1 aromatic carbocycles. The van der Waals surface area contributed by atoms with Gasteiger partial charge in [-0.15, -0.1) is 0 Å². The number of hydrogen-bond acceptors (Lipinski definition) is 5. The smallest absolute Gasteiger partial charge is 0.158 e. The zero-order valence-electron chi connectivity index (χ0n) is 14.0. The fourth-order valence-electron chi connectivity index (χ4n) is 2.78. The molecule has 3 heterocycles. The molecule has 7 heteroatoms. The van der Waals surface area contributed by atoms with Gasteiger partial charge in [-0.1, -0.05) is 30.3 Å². The average molecular weight is 333 g/mol. The molecule has 0 saturated heterocycles. The quantitative estimate of drug-likeness (QED) is 0.549. The minimum absolute atomic E-state index is 0.812. The van der Waals surface area contributed by atoms with E-state index < -0.39 is 0 Å². The predicted molar refractivity (Wildman–Crippen MR) is 96.3 cm³/mol. The molecule has 0 fully saturated rings. The van der Waals surface area contributed by atoms with Crippen molar-refractivity contribution in [1.82, 2.24) is 29.4 Å². The van der Waals surface area contributed by atoms with Gasteiger partial charge in [-0.05, 0) is 13.3 Å². The molecule has 1 N–H and O–H groups in total. The first-order valence-electron chi connectivity index (χ1n) is 8.29. The Hall–Kier alpha value is -3.22. The van der Waals surface area contributed by atoms with Crippen LogP contribution in [0.25, 0.3) is 16.9 Å². The maximum atomic E-state index is 4.73. The maximum Gasteiger partial charge on any atom is 0.158 e. The van der Waals surface area contributed by atoms with Crippen LogP contribution in [0.2, 0.25) is 0 Å². The number of aryl methyl sites for hydroxylation is 2. The summed E-state index contributed by atoms with van der Waals surface area (Å²) in [5.41, 5.74) is 3.82. The van der Waals surface area contributed by atoms with E-state index >= 15 is 0 Å². The van der Waals surface area contributed by atoms with Crippen LogP contribution in [0.1, 0.15) is 12.1 Å². The highest BCUT2D eigenvalue weighted by Crippen LogP contribution is 2.22. The number of benzene rings is 1. The third kappa shape index (κ3) is 3.35. The van der Waals surface area contributed by atoms with E-state index in [1.54, 1.807) is 12.7 Å². The van der Waals surface area contributed by atoms with Crippen molar-refractivity contribution >= 4 is 11.5 Å². The Bertz CT molecular complexity index is 958. The molecule has 0 bridgehead atoms. The van der Waals surface area contributed by atoms with Crippen molar-refractivity contribution in [2.75, 3.05) is 11.9 Å². The maximum absolute atomic E-state index is 4.73. The Labute approximate surface area is 145 Å². The lowest BCUT2D eigenvalue weighted by Crippen LogP contribution is -2.10. The molecule has 25 heavy (non-hydrogen) atoms. The fourth-order valence-corrected chi connectivity index (χ4v) is 2.78. The van der Waals surface area contributed by atoms with E-state index in [2.05, 4.69) is 32.6 Å². The molecule has 4 aromatic rings. The number of nitrogens with zero attached hydrogens (tertiary/aromatic N) is 6. The van der Waals surface area contributed by atoms with Crippen molar-refractivity contribution in [1.29, 1.82) is 0 Å². The van der Waals surface area contributed by atoms with Crippen molar-refractivity contribution in [2.24, 2.45) is 0 Å². The molecule has 126 valence electrons. The first-order chi connectivity index (χ1) is 12.3. The first kappa shape index (κ1) is 15.3. The van der Waals surface area contributed by atoms with Crippen LogP contribution in [0.3, 0.4) is 0 Å². The average Bonchev–Trinajstić information content (AvgIpc) is 3.27. The number of anilines is 1. The minimum Gasteiger partial charge on any atom is -0.370 e. The second kappa shape index (κ2) is 6.72. The highest BCUT2D eigenvalue weighted by molar-refractivity contribution is 5.66. The zero-order chi connectivity index (χ0) is 17.1. The normalized spacial score (nSPS) is 11.1. The van der Waals surface area contributed by atoms with E-state index in [1.165, 1.54) is 0 Å². The molecule has 0 aliphatic heterocycles. The van der Waals surface area contributed by atoms with Crippen molar-refractivity contribution in [3.8, 4) is 11.3 Å². The summed E-state index contributed by atoms with van der Waals surface area (Å²) in [4.78, 5) is 8.69. The van der Waals surface area contributed by atoms with E-state index in [-0.39, 0.29) is 0 Å². The van der Waals surface area contributed by atoms with Crippen LogP contribution in [-0.4, -0.2) is 35.9 Å². The molecule has 0 radical (unpaired) electrons. The summed E-state index contributed by atoms with van der Waals surface area (Å²) in [6.45, 7) is 3.61. The highest BCUT2D eigenvalue weighted by Gasteiger charge is 2.09. The number of nitrogens with one attached hydrogen (secondary N) is 1. The summed E-state index contributed by atoms with van der Waals surface area (Å²) >= 11 is 0. The lowest BCUT2D eigenvalue weighted by molar-refractivity contribution is 0.589. The Kier molecular flexibility index (Phi) is 4.12. The standard InChI is InChI=1S/C18H19N7/c1-14-10-18-22-16(15-6-3-2-4-7-15)11-17(25(18)23-14)20-8-5-9-24-13-19-12-21-24/h2-4,6-7,10-13,20H,5,8-9H2,1H3. The SMILES string of the molecule is Cc1cc2nc(-c3ccccc3)cc(NCCCn3cncn3)n2n1.